The summed E-state index contributed by atoms with van der Waals surface area (Å²) in [6.07, 6.45) is 0. The zero-order chi connectivity index (χ0) is 21.1. The third-order valence-electron chi connectivity index (χ3n) is 4.04. The van der Waals surface area contributed by atoms with Crippen LogP contribution in [-0.2, 0) is 10.0 Å². The van der Waals surface area contributed by atoms with Crippen molar-refractivity contribution in [3.05, 3.63) is 47.5 Å². The normalized spacial score (nSPS) is 11.1. The molecule has 28 heavy (non-hydrogen) atoms. The first kappa shape index (κ1) is 21.4. The van der Waals surface area contributed by atoms with Crippen molar-refractivity contribution in [3.63, 3.8) is 0 Å². The number of hydrogen-bond acceptors (Lipinski definition) is 5. The van der Waals surface area contributed by atoms with E-state index in [1.807, 2.05) is 0 Å². The minimum atomic E-state index is -3.72. The van der Waals surface area contributed by atoms with Gasteiger partial charge in [0.1, 0.15) is 11.6 Å². The Hall–Kier alpha value is -2.88. The summed E-state index contributed by atoms with van der Waals surface area (Å²) in [5, 5.41) is 2.25. The minimum absolute atomic E-state index is 0.00573. The molecule has 2 aromatic rings. The summed E-state index contributed by atoms with van der Waals surface area (Å²) in [5.41, 5.74) is -0.513. The summed E-state index contributed by atoms with van der Waals surface area (Å²) in [4.78, 5) is 12.8. The lowest BCUT2D eigenvalue weighted by Gasteiger charge is -2.23. The van der Waals surface area contributed by atoms with E-state index in [2.05, 4.69) is 5.32 Å². The average Bonchev–Trinajstić information content (AvgIpc) is 2.68. The largest absolute Gasteiger partial charge is 0.493 e. The lowest BCUT2D eigenvalue weighted by Crippen LogP contribution is -2.30. The van der Waals surface area contributed by atoms with Crippen molar-refractivity contribution in [1.82, 2.24) is 0 Å². The standard InChI is InChI=1S/C18H20F2N2O5S/c1-5-28(24,25)22(2)15-10-17(27-4)16(26-3)9-12(15)18(23)21-14-8-11(19)6-7-13(14)20/h6-10H,5H2,1-4H3,(H,21,23). The van der Waals surface area contributed by atoms with E-state index < -0.39 is 27.6 Å². The maximum absolute atomic E-state index is 13.9. The molecule has 0 unspecified atom stereocenters. The number of halogens is 2. The van der Waals surface area contributed by atoms with Crippen molar-refractivity contribution in [1.29, 1.82) is 0 Å². The van der Waals surface area contributed by atoms with Crippen molar-refractivity contribution >= 4 is 27.3 Å². The third kappa shape index (κ3) is 4.33. The topological polar surface area (TPSA) is 84.9 Å². The van der Waals surface area contributed by atoms with Gasteiger partial charge in [-0.1, -0.05) is 0 Å². The van der Waals surface area contributed by atoms with Crippen molar-refractivity contribution < 1.29 is 31.5 Å². The van der Waals surface area contributed by atoms with Crippen molar-refractivity contribution in [3.8, 4) is 11.5 Å². The molecule has 2 aromatic carbocycles. The maximum atomic E-state index is 13.9. The predicted molar refractivity (Wildman–Crippen MR) is 102 cm³/mol. The van der Waals surface area contributed by atoms with Crippen LogP contribution in [-0.4, -0.2) is 41.3 Å². The van der Waals surface area contributed by atoms with E-state index in [1.165, 1.54) is 40.3 Å². The molecule has 0 atom stereocenters. The van der Waals surface area contributed by atoms with E-state index in [0.29, 0.717) is 0 Å². The molecule has 0 saturated carbocycles. The lowest BCUT2D eigenvalue weighted by molar-refractivity contribution is 0.102. The number of sulfonamides is 1. The number of carbonyl (C=O) groups excluding carboxylic acids is 1. The van der Waals surface area contributed by atoms with Gasteiger partial charge in [0.2, 0.25) is 10.0 Å². The van der Waals surface area contributed by atoms with Gasteiger partial charge >= 0.3 is 0 Å². The number of carbonyl (C=O) groups is 1. The van der Waals surface area contributed by atoms with Crippen LogP contribution < -0.4 is 19.1 Å². The first-order valence-corrected chi connectivity index (χ1v) is 9.74. The number of anilines is 2. The van der Waals surface area contributed by atoms with Gasteiger partial charge in [0.25, 0.3) is 5.91 Å². The highest BCUT2D eigenvalue weighted by Gasteiger charge is 2.25. The molecule has 10 heteroatoms. The Morgan fingerprint density at radius 1 is 1.11 bits per heavy atom. The second-order valence-corrected chi connectivity index (χ2v) is 7.96. The summed E-state index contributed by atoms with van der Waals surface area (Å²) in [6, 6.07) is 5.19. The van der Waals surface area contributed by atoms with Crippen LogP contribution in [0.25, 0.3) is 0 Å². The highest BCUT2D eigenvalue weighted by atomic mass is 32.2. The van der Waals surface area contributed by atoms with Crippen LogP contribution in [0.5, 0.6) is 11.5 Å². The zero-order valence-corrected chi connectivity index (χ0v) is 16.6. The van der Waals surface area contributed by atoms with E-state index in [9.17, 15) is 22.0 Å². The molecule has 0 aromatic heterocycles. The Kier molecular flexibility index (Phi) is 6.45. The summed E-state index contributed by atoms with van der Waals surface area (Å²) in [7, 11) is 0.265. The molecule has 0 fully saturated rings. The van der Waals surface area contributed by atoms with Crippen molar-refractivity contribution in [2.75, 3.05) is 36.6 Å². The van der Waals surface area contributed by atoms with E-state index in [1.54, 1.807) is 0 Å². The summed E-state index contributed by atoms with van der Waals surface area (Å²) >= 11 is 0. The van der Waals surface area contributed by atoms with Gasteiger partial charge in [-0.3, -0.25) is 9.10 Å². The van der Waals surface area contributed by atoms with E-state index >= 15 is 0 Å². The second-order valence-electron chi connectivity index (χ2n) is 5.67. The Morgan fingerprint density at radius 2 is 1.71 bits per heavy atom. The number of hydrogen-bond donors (Lipinski definition) is 1. The monoisotopic (exact) mass is 414 g/mol. The van der Waals surface area contributed by atoms with Gasteiger partial charge in [-0.15, -0.1) is 0 Å². The number of amides is 1. The van der Waals surface area contributed by atoms with E-state index in [-0.39, 0.29) is 34.2 Å². The highest BCUT2D eigenvalue weighted by Crippen LogP contribution is 2.36. The molecule has 0 spiro atoms. The maximum Gasteiger partial charge on any atom is 0.258 e. The first-order valence-electron chi connectivity index (χ1n) is 8.13. The zero-order valence-electron chi connectivity index (χ0n) is 15.7. The lowest BCUT2D eigenvalue weighted by atomic mass is 10.1. The molecule has 2 rings (SSSR count). The van der Waals surface area contributed by atoms with Gasteiger partial charge in [-0.25, -0.2) is 17.2 Å². The van der Waals surface area contributed by atoms with Crippen molar-refractivity contribution in [2.45, 2.75) is 6.92 Å². The molecule has 0 saturated heterocycles. The number of nitrogens with zero attached hydrogens (tertiary/aromatic N) is 1. The van der Waals surface area contributed by atoms with Gasteiger partial charge in [-0.2, -0.15) is 0 Å². The molecule has 0 heterocycles. The van der Waals surface area contributed by atoms with E-state index in [4.69, 9.17) is 9.47 Å². The van der Waals surface area contributed by atoms with Gasteiger partial charge < -0.3 is 14.8 Å². The Bertz CT molecular complexity index is 996. The van der Waals surface area contributed by atoms with Crippen LogP contribution >= 0.6 is 0 Å². The fourth-order valence-corrected chi connectivity index (χ4v) is 3.28. The molecule has 1 N–H and O–H groups in total. The predicted octanol–water partition coefficient (Wildman–Crippen LogP) is 3.02. The number of nitrogens with one attached hydrogen (secondary N) is 1. The van der Waals surface area contributed by atoms with Crippen LogP contribution in [0.2, 0.25) is 0 Å². The SMILES string of the molecule is CCS(=O)(=O)N(C)c1cc(OC)c(OC)cc1C(=O)Nc1cc(F)ccc1F. The number of rotatable bonds is 7. The highest BCUT2D eigenvalue weighted by molar-refractivity contribution is 7.92. The molecule has 0 aliphatic carbocycles. The number of methoxy groups -OCH3 is 2. The van der Waals surface area contributed by atoms with Gasteiger partial charge in [0.05, 0.1) is 36.9 Å². The fraction of sp³-hybridized carbons (Fsp3) is 0.278. The Labute approximate surface area is 161 Å². The molecule has 0 bridgehead atoms. The quantitative estimate of drug-likeness (QED) is 0.753. The third-order valence-corrected chi connectivity index (χ3v) is 5.81. The van der Waals surface area contributed by atoms with Crippen molar-refractivity contribution in [2.24, 2.45) is 0 Å². The van der Waals surface area contributed by atoms with Crippen LogP contribution in [0.3, 0.4) is 0 Å². The number of ether oxygens (including phenoxy) is 2. The fourth-order valence-electron chi connectivity index (χ4n) is 2.44. The molecule has 0 aliphatic rings. The molecule has 7 nitrogen and oxygen atoms in total. The summed E-state index contributed by atoms with van der Waals surface area (Å²) < 4.78 is 63.1. The van der Waals surface area contributed by atoms with Gasteiger partial charge in [0, 0.05) is 19.2 Å². The Morgan fingerprint density at radius 3 is 2.29 bits per heavy atom. The summed E-state index contributed by atoms with van der Waals surface area (Å²) in [6.45, 7) is 1.45. The molecule has 0 radical (unpaired) electrons. The first-order chi connectivity index (χ1) is 13.1. The summed E-state index contributed by atoms with van der Waals surface area (Å²) in [5.74, 6) is -2.28. The van der Waals surface area contributed by atoms with Crippen LogP contribution in [0.4, 0.5) is 20.2 Å². The molecule has 152 valence electrons. The van der Waals surface area contributed by atoms with Gasteiger partial charge in [-0.05, 0) is 25.1 Å². The molecular formula is C18H20F2N2O5S. The smallest absolute Gasteiger partial charge is 0.258 e. The second kappa shape index (κ2) is 8.42. The Balaban J connectivity index is 2.59. The number of benzene rings is 2. The molecular weight excluding hydrogens is 394 g/mol. The molecule has 1 amide bonds. The van der Waals surface area contributed by atoms with Crippen LogP contribution in [0, 0.1) is 11.6 Å². The van der Waals surface area contributed by atoms with E-state index in [0.717, 1.165) is 22.5 Å². The van der Waals surface area contributed by atoms with Gasteiger partial charge in [0.15, 0.2) is 11.5 Å². The minimum Gasteiger partial charge on any atom is -0.493 e. The van der Waals surface area contributed by atoms with Crippen LogP contribution in [0.1, 0.15) is 17.3 Å². The van der Waals surface area contributed by atoms with Crippen LogP contribution in [0.15, 0.2) is 30.3 Å². The average molecular weight is 414 g/mol. The molecule has 0 aliphatic heterocycles.